The molecule has 1 amide bonds. The third kappa shape index (κ3) is 3.56. The normalized spacial score (nSPS) is 19.9. The third-order valence-electron chi connectivity index (χ3n) is 7.95. The van der Waals surface area contributed by atoms with Crippen LogP contribution in [0.4, 0.5) is 5.82 Å². The van der Waals surface area contributed by atoms with Gasteiger partial charge in [0.1, 0.15) is 17.5 Å². The minimum Gasteiger partial charge on any atom is -0.370 e. The number of ether oxygens (including phenoxy) is 1. The molecular formula is C27H29ClN6O2. The predicted octanol–water partition coefficient (Wildman–Crippen LogP) is 4.45. The van der Waals surface area contributed by atoms with Crippen molar-refractivity contribution in [3.05, 3.63) is 40.2 Å². The van der Waals surface area contributed by atoms with Crippen LogP contribution in [0.1, 0.15) is 50.4 Å². The number of nitriles is 1. The molecule has 1 aromatic carbocycles. The zero-order chi connectivity index (χ0) is 25.2. The van der Waals surface area contributed by atoms with E-state index in [1.807, 2.05) is 24.0 Å². The van der Waals surface area contributed by atoms with Gasteiger partial charge < -0.3 is 14.5 Å². The predicted molar refractivity (Wildman–Crippen MR) is 138 cm³/mol. The first-order valence-corrected chi connectivity index (χ1v) is 12.9. The lowest BCUT2D eigenvalue weighted by Crippen LogP contribution is -2.59. The van der Waals surface area contributed by atoms with Gasteiger partial charge in [0.05, 0.1) is 29.6 Å². The molecule has 0 bridgehead atoms. The summed E-state index contributed by atoms with van der Waals surface area (Å²) in [6.07, 6.45) is 3.92. The Labute approximate surface area is 215 Å². The van der Waals surface area contributed by atoms with E-state index >= 15 is 0 Å². The second-order valence-corrected chi connectivity index (χ2v) is 11.4. The molecule has 3 aliphatic heterocycles. The van der Waals surface area contributed by atoms with Gasteiger partial charge in [-0.3, -0.25) is 9.89 Å². The number of pyridine rings is 1. The fraction of sp³-hybridized carbons (Fsp3) is 0.481. The fourth-order valence-corrected chi connectivity index (χ4v) is 6.33. The topological polar surface area (TPSA) is 98.1 Å². The summed E-state index contributed by atoms with van der Waals surface area (Å²) in [5.74, 6) is 0.911. The Morgan fingerprint density at radius 1 is 1.28 bits per heavy atom. The Hall–Kier alpha value is -3.15. The van der Waals surface area contributed by atoms with Crippen LogP contribution in [-0.2, 0) is 22.6 Å². The van der Waals surface area contributed by atoms with E-state index in [2.05, 4.69) is 35.0 Å². The summed E-state index contributed by atoms with van der Waals surface area (Å²) in [7, 11) is 0. The fourth-order valence-electron chi connectivity index (χ4n) is 6.07. The number of nitrogens with zero attached hydrogens (tertiary/aromatic N) is 5. The molecule has 0 aliphatic carbocycles. The molecule has 36 heavy (non-hydrogen) atoms. The number of likely N-dealkylation sites (tertiary alicyclic amines) is 1. The van der Waals surface area contributed by atoms with Crippen LogP contribution >= 0.6 is 11.6 Å². The summed E-state index contributed by atoms with van der Waals surface area (Å²) in [6, 6.07) is 6.23. The van der Waals surface area contributed by atoms with Crippen molar-refractivity contribution in [3.8, 4) is 17.2 Å². The van der Waals surface area contributed by atoms with Gasteiger partial charge in [-0.05, 0) is 32.4 Å². The number of hydrogen-bond acceptors (Lipinski definition) is 6. The zero-order valence-corrected chi connectivity index (χ0v) is 21.6. The number of carbonyl (C=O) groups excluding carboxylic acids is 1. The lowest BCUT2D eigenvalue weighted by Gasteiger charge is -2.48. The van der Waals surface area contributed by atoms with Gasteiger partial charge in [-0.25, -0.2) is 4.98 Å². The Kier molecular flexibility index (Phi) is 5.29. The van der Waals surface area contributed by atoms with Crippen LogP contribution < -0.4 is 4.90 Å². The molecule has 2 fully saturated rings. The average molecular weight is 505 g/mol. The highest BCUT2D eigenvalue weighted by Crippen LogP contribution is 2.47. The molecule has 186 valence electrons. The van der Waals surface area contributed by atoms with E-state index in [9.17, 15) is 10.1 Å². The van der Waals surface area contributed by atoms with Crippen LogP contribution in [0.2, 0.25) is 5.02 Å². The molecule has 5 heterocycles. The minimum atomic E-state index is -0.352. The first-order valence-electron chi connectivity index (χ1n) is 12.5. The number of aromatic amines is 1. The number of H-pyrrole nitrogens is 1. The van der Waals surface area contributed by atoms with Gasteiger partial charge in [-0.15, -0.1) is 0 Å². The van der Waals surface area contributed by atoms with Crippen molar-refractivity contribution < 1.29 is 9.53 Å². The van der Waals surface area contributed by atoms with Gasteiger partial charge in [-0.2, -0.15) is 10.4 Å². The van der Waals surface area contributed by atoms with Crippen molar-refractivity contribution in [3.63, 3.8) is 0 Å². The number of halogens is 1. The van der Waals surface area contributed by atoms with E-state index in [-0.39, 0.29) is 16.9 Å². The highest BCUT2D eigenvalue weighted by atomic mass is 35.5. The molecule has 1 spiro atoms. The Bertz CT molecular complexity index is 1430. The molecule has 0 atom stereocenters. The summed E-state index contributed by atoms with van der Waals surface area (Å²) in [5.41, 5.74) is 4.55. The van der Waals surface area contributed by atoms with Crippen molar-refractivity contribution in [1.82, 2.24) is 20.1 Å². The van der Waals surface area contributed by atoms with E-state index in [0.717, 1.165) is 65.9 Å². The van der Waals surface area contributed by atoms with Gasteiger partial charge in [0.25, 0.3) is 0 Å². The van der Waals surface area contributed by atoms with Gasteiger partial charge >= 0.3 is 0 Å². The maximum atomic E-state index is 12.2. The molecular weight excluding hydrogens is 476 g/mol. The number of rotatable bonds is 3. The van der Waals surface area contributed by atoms with Crippen LogP contribution in [0.15, 0.2) is 18.3 Å². The third-order valence-corrected chi connectivity index (χ3v) is 8.26. The van der Waals surface area contributed by atoms with Crippen molar-refractivity contribution in [2.24, 2.45) is 5.41 Å². The highest BCUT2D eigenvalue weighted by Gasteiger charge is 2.49. The van der Waals surface area contributed by atoms with E-state index in [1.165, 1.54) is 0 Å². The molecule has 1 N–H and O–H groups in total. The van der Waals surface area contributed by atoms with Crippen LogP contribution in [-0.4, -0.2) is 57.8 Å². The van der Waals surface area contributed by atoms with Crippen LogP contribution in [0.25, 0.3) is 22.0 Å². The zero-order valence-electron chi connectivity index (χ0n) is 20.8. The molecule has 2 saturated heterocycles. The molecule has 0 saturated carbocycles. The van der Waals surface area contributed by atoms with Gasteiger partial charge in [0, 0.05) is 71.5 Å². The number of aromatic nitrogens is 3. The summed E-state index contributed by atoms with van der Waals surface area (Å²) >= 11 is 6.81. The lowest BCUT2D eigenvalue weighted by atomic mass is 9.79. The SMILES string of the molecule is CCC(=O)N1CC2(CCN(c3nc4c(c(-c5c(Cl)ccc6[nH]ncc56)c3C#N)COC(C)(C)C4)C2)C1. The molecule has 0 unspecified atom stereocenters. The smallest absolute Gasteiger partial charge is 0.222 e. The first kappa shape index (κ1) is 23.3. The second kappa shape index (κ2) is 8.19. The van der Waals surface area contributed by atoms with E-state index in [1.54, 1.807) is 6.20 Å². The number of fused-ring (bicyclic) bond motifs is 2. The summed E-state index contributed by atoms with van der Waals surface area (Å²) in [6.45, 7) is 9.54. The molecule has 3 aromatic rings. The Balaban J connectivity index is 1.49. The van der Waals surface area contributed by atoms with Crippen molar-refractivity contribution >= 4 is 34.2 Å². The van der Waals surface area contributed by atoms with Gasteiger partial charge in [-0.1, -0.05) is 18.5 Å². The van der Waals surface area contributed by atoms with Gasteiger partial charge in [0.15, 0.2) is 0 Å². The molecule has 3 aliphatic rings. The second-order valence-electron chi connectivity index (χ2n) is 11.0. The number of carbonyl (C=O) groups is 1. The standard InChI is InChI=1S/C27H29ClN6O2/c1-4-22(35)34-14-27(15-34)7-8-33(13-27)25-16(10-29)23(18-12-36-26(2,3)9-21(18)31-25)24-17-11-30-32-20(17)6-5-19(24)28/h5-6,11H,4,7-9,12-15H2,1-3H3,(H,30,32). The number of nitrogens with one attached hydrogen (secondary N) is 1. The van der Waals surface area contributed by atoms with E-state index < -0.39 is 0 Å². The van der Waals surface area contributed by atoms with Crippen LogP contribution in [0.5, 0.6) is 0 Å². The Morgan fingerprint density at radius 3 is 2.83 bits per heavy atom. The quantitative estimate of drug-likeness (QED) is 0.566. The van der Waals surface area contributed by atoms with Crippen molar-refractivity contribution in [2.75, 3.05) is 31.1 Å². The lowest BCUT2D eigenvalue weighted by molar-refractivity contribution is -0.141. The molecule has 2 aromatic heterocycles. The highest BCUT2D eigenvalue weighted by molar-refractivity contribution is 6.35. The van der Waals surface area contributed by atoms with Crippen LogP contribution in [0, 0.1) is 16.7 Å². The van der Waals surface area contributed by atoms with E-state index in [4.69, 9.17) is 21.3 Å². The van der Waals surface area contributed by atoms with Gasteiger partial charge in [0.2, 0.25) is 5.91 Å². The number of benzene rings is 1. The largest absolute Gasteiger partial charge is 0.370 e. The molecule has 6 rings (SSSR count). The Morgan fingerprint density at radius 2 is 2.08 bits per heavy atom. The molecule has 9 heteroatoms. The minimum absolute atomic E-state index is 0.0693. The maximum absolute atomic E-state index is 12.2. The summed E-state index contributed by atoms with van der Waals surface area (Å²) in [4.78, 5) is 21.4. The summed E-state index contributed by atoms with van der Waals surface area (Å²) in [5, 5.41) is 19.2. The van der Waals surface area contributed by atoms with Crippen molar-refractivity contribution in [2.45, 2.75) is 52.2 Å². The summed E-state index contributed by atoms with van der Waals surface area (Å²) < 4.78 is 6.19. The monoisotopic (exact) mass is 504 g/mol. The van der Waals surface area contributed by atoms with Crippen molar-refractivity contribution in [1.29, 1.82) is 5.26 Å². The number of amides is 1. The van der Waals surface area contributed by atoms with Crippen LogP contribution in [0.3, 0.4) is 0 Å². The molecule has 0 radical (unpaired) electrons. The number of hydrogen-bond donors (Lipinski definition) is 1. The number of anilines is 1. The molecule has 8 nitrogen and oxygen atoms in total. The average Bonchev–Trinajstić information content (AvgIpc) is 3.48. The van der Waals surface area contributed by atoms with E-state index in [0.29, 0.717) is 35.9 Å². The first-order chi connectivity index (χ1) is 17.2. The maximum Gasteiger partial charge on any atom is 0.222 e.